The third kappa shape index (κ3) is 2.99. The van der Waals surface area contributed by atoms with Gasteiger partial charge in [0, 0.05) is 18.8 Å². The van der Waals surface area contributed by atoms with Gasteiger partial charge in [-0.25, -0.2) is 4.79 Å². The summed E-state index contributed by atoms with van der Waals surface area (Å²) in [6.07, 6.45) is 0. The number of anilines is 1. The first kappa shape index (κ1) is 12.1. The number of carbonyl (C=O) groups is 1. The topological polar surface area (TPSA) is 56.1 Å². The van der Waals surface area contributed by atoms with Crippen LogP contribution in [0.1, 0.15) is 19.4 Å². The molecule has 0 atom stereocenters. The summed E-state index contributed by atoms with van der Waals surface area (Å²) in [5.41, 5.74) is 1.25. The van der Waals surface area contributed by atoms with Crippen LogP contribution in [0.5, 0.6) is 0 Å². The molecule has 0 aliphatic carbocycles. The van der Waals surface area contributed by atoms with Crippen molar-refractivity contribution in [3.05, 3.63) is 29.8 Å². The number of urea groups is 1. The van der Waals surface area contributed by atoms with Crippen LogP contribution in [0.4, 0.5) is 10.5 Å². The minimum atomic E-state index is -0.176. The Morgan fingerprint density at radius 2 is 2.19 bits per heavy atom. The van der Waals surface area contributed by atoms with Crippen molar-refractivity contribution in [1.82, 2.24) is 5.32 Å². The first-order valence-corrected chi connectivity index (χ1v) is 5.09. The quantitative estimate of drug-likeness (QED) is 0.824. The molecular weight excluding hydrogens is 202 g/mol. The van der Waals surface area contributed by atoms with Gasteiger partial charge in [0.15, 0.2) is 0 Å². The highest BCUT2D eigenvalue weighted by Gasteiger charge is 2.11. The van der Waals surface area contributed by atoms with E-state index in [2.05, 4.69) is 5.32 Å². The second-order valence-corrected chi connectivity index (χ2v) is 3.83. The van der Waals surface area contributed by atoms with E-state index in [9.17, 15) is 4.79 Å². The predicted octanol–water partition coefficient (Wildman–Crippen LogP) is 2.11. The van der Waals surface area contributed by atoms with E-state index in [1.807, 2.05) is 19.9 Å². The number of rotatable bonds is 2. The molecule has 0 unspecified atom stereocenters. The van der Waals surface area contributed by atoms with Gasteiger partial charge in [0.1, 0.15) is 0 Å². The van der Waals surface area contributed by atoms with Crippen LogP contribution in [0.25, 0.3) is 0 Å². The normalized spacial score (nSPS) is 9.69. The van der Waals surface area contributed by atoms with E-state index in [4.69, 9.17) is 5.26 Å². The highest BCUT2D eigenvalue weighted by atomic mass is 16.2. The molecule has 1 aromatic rings. The van der Waals surface area contributed by atoms with E-state index >= 15 is 0 Å². The number of nitriles is 1. The zero-order chi connectivity index (χ0) is 12.1. The maximum Gasteiger partial charge on any atom is 0.321 e. The van der Waals surface area contributed by atoms with Crippen molar-refractivity contribution in [2.45, 2.75) is 19.9 Å². The molecule has 0 radical (unpaired) electrons. The van der Waals surface area contributed by atoms with Gasteiger partial charge in [-0.15, -0.1) is 0 Å². The summed E-state index contributed by atoms with van der Waals surface area (Å²) >= 11 is 0. The average molecular weight is 217 g/mol. The minimum Gasteiger partial charge on any atom is -0.336 e. The Kier molecular flexibility index (Phi) is 3.90. The number of nitrogens with one attached hydrogen (secondary N) is 1. The second-order valence-electron chi connectivity index (χ2n) is 3.83. The lowest BCUT2D eigenvalue weighted by Gasteiger charge is -2.19. The zero-order valence-corrected chi connectivity index (χ0v) is 9.69. The number of amides is 2. The predicted molar refractivity (Wildman–Crippen MR) is 63.2 cm³/mol. The van der Waals surface area contributed by atoms with E-state index in [1.54, 1.807) is 31.3 Å². The fourth-order valence-electron chi connectivity index (χ4n) is 1.25. The summed E-state index contributed by atoms with van der Waals surface area (Å²) in [5.74, 6) is 0. The third-order valence-electron chi connectivity index (χ3n) is 2.08. The fourth-order valence-corrected chi connectivity index (χ4v) is 1.25. The van der Waals surface area contributed by atoms with Crippen molar-refractivity contribution in [2.24, 2.45) is 0 Å². The molecule has 84 valence electrons. The Balaban J connectivity index is 2.84. The number of benzene rings is 1. The molecular formula is C12H15N3O. The summed E-state index contributed by atoms with van der Waals surface area (Å²) in [7, 11) is 1.67. The zero-order valence-electron chi connectivity index (χ0n) is 9.69. The molecule has 0 fully saturated rings. The molecule has 0 saturated carbocycles. The van der Waals surface area contributed by atoms with Crippen LogP contribution in [0.15, 0.2) is 24.3 Å². The molecule has 0 spiro atoms. The Labute approximate surface area is 95.5 Å². The summed E-state index contributed by atoms with van der Waals surface area (Å²) in [6.45, 7) is 3.80. The number of hydrogen-bond acceptors (Lipinski definition) is 2. The minimum absolute atomic E-state index is 0.0918. The van der Waals surface area contributed by atoms with Crippen LogP contribution in [0.2, 0.25) is 0 Å². The molecule has 1 rings (SSSR count). The molecule has 0 heterocycles. The number of hydrogen-bond donors (Lipinski definition) is 1. The molecule has 1 aromatic carbocycles. The van der Waals surface area contributed by atoms with Crippen LogP contribution < -0.4 is 10.2 Å². The third-order valence-corrected chi connectivity index (χ3v) is 2.08. The molecule has 0 bridgehead atoms. The summed E-state index contributed by atoms with van der Waals surface area (Å²) in [6, 6.07) is 8.90. The molecule has 4 nitrogen and oxygen atoms in total. The van der Waals surface area contributed by atoms with Crippen molar-refractivity contribution in [1.29, 1.82) is 5.26 Å². The largest absolute Gasteiger partial charge is 0.336 e. The van der Waals surface area contributed by atoms with Gasteiger partial charge in [-0.05, 0) is 32.0 Å². The van der Waals surface area contributed by atoms with Crippen LogP contribution >= 0.6 is 0 Å². The summed E-state index contributed by atoms with van der Waals surface area (Å²) in [4.78, 5) is 13.2. The molecule has 0 aliphatic heterocycles. The molecule has 0 saturated heterocycles. The Bertz CT molecular complexity index is 421. The van der Waals surface area contributed by atoms with Gasteiger partial charge >= 0.3 is 6.03 Å². The van der Waals surface area contributed by atoms with E-state index in [0.29, 0.717) is 11.3 Å². The molecule has 1 N–H and O–H groups in total. The first-order chi connectivity index (χ1) is 7.54. The van der Waals surface area contributed by atoms with E-state index in [-0.39, 0.29) is 12.1 Å². The lowest BCUT2D eigenvalue weighted by atomic mass is 10.2. The first-order valence-electron chi connectivity index (χ1n) is 5.09. The van der Waals surface area contributed by atoms with Gasteiger partial charge in [0.25, 0.3) is 0 Å². The lowest BCUT2D eigenvalue weighted by molar-refractivity contribution is 0.245. The van der Waals surface area contributed by atoms with Gasteiger partial charge in [0.05, 0.1) is 11.6 Å². The fraction of sp³-hybridized carbons (Fsp3) is 0.333. The summed E-state index contributed by atoms with van der Waals surface area (Å²) < 4.78 is 0. The second kappa shape index (κ2) is 5.17. The van der Waals surface area contributed by atoms with Crippen LogP contribution in [-0.2, 0) is 0 Å². The molecule has 16 heavy (non-hydrogen) atoms. The Morgan fingerprint density at radius 1 is 1.50 bits per heavy atom. The van der Waals surface area contributed by atoms with Crippen LogP contribution in [-0.4, -0.2) is 19.1 Å². The average Bonchev–Trinajstić information content (AvgIpc) is 2.27. The Hall–Kier alpha value is -2.02. The smallest absolute Gasteiger partial charge is 0.321 e. The van der Waals surface area contributed by atoms with Crippen molar-refractivity contribution in [2.75, 3.05) is 11.9 Å². The molecule has 0 aliphatic rings. The number of nitrogens with zero attached hydrogens (tertiary/aromatic N) is 2. The van der Waals surface area contributed by atoms with Crippen LogP contribution in [0, 0.1) is 11.3 Å². The molecule has 4 heteroatoms. The lowest BCUT2D eigenvalue weighted by Crippen LogP contribution is -2.40. The number of carbonyl (C=O) groups excluding carboxylic acids is 1. The molecule has 2 amide bonds. The van der Waals surface area contributed by atoms with Crippen LogP contribution in [0.3, 0.4) is 0 Å². The van der Waals surface area contributed by atoms with Gasteiger partial charge < -0.3 is 5.32 Å². The van der Waals surface area contributed by atoms with Crippen molar-refractivity contribution < 1.29 is 4.79 Å². The summed E-state index contributed by atoms with van der Waals surface area (Å²) in [5, 5.41) is 11.5. The van der Waals surface area contributed by atoms with Gasteiger partial charge in [-0.3, -0.25) is 4.90 Å². The maximum absolute atomic E-state index is 11.7. The van der Waals surface area contributed by atoms with Crippen molar-refractivity contribution in [3.63, 3.8) is 0 Å². The highest BCUT2D eigenvalue weighted by molar-refractivity contribution is 5.91. The highest BCUT2D eigenvalue weighted by Crippen LogP contribution is 2.14. The monoisotopic (exact) mass is 217 g/mol. The molecule has 0 aromatic heterocycles. The van der Waals surface area contributed by atoms with Crippen molar-refractivity contribution in [3.8, 4) is 6.07 Å². The van der Waals surface area contributed by atoms with E-state index < -0.39 is 0 Å². The van der Waals surface area contributed by atoms with Gasteiger partial charge in [-0.2, -0.15) is 5.26 Å². The van der Waals surface area contributed by atoms with Gasteiger partial charge in [-0.1, -0.05) is 6.07 Å². The SMILES string of the molecule is CC(C)NC(=O)N(C)c1cccc(C#N)c1. The maximum atomic E-state index is 11.7. The Morgan fingerprint density at radius 3 is 2.75 bits per heavy atom. The van der Waals surface area contributed by atoms with Gasteiger partial charge in [0.2, 0.25) is 0 Å². The van der Waals surface area contributed by atoms with E-state index in [0.717, 1.165) is 0 Å². The van der Waals surface area contributed by atoms with Crippen molar-refractivity contribution >= 4 is 11.7 Å². The van der Waals surface area contributed by atoms with E-state index in [1.165, 1.54) is 4.90 Å². The standard InChI is InChI=1S/C12H15N3O/c1-9(2)14-12(16)15(3)11-6-4-5-10(7-11)8-13/h4-7,9H,1-3H3,(H,14,16).